The van der Waals surface area contributed by atoms with Crippen LogP contribution in [-0.4, -0.2) is 47.8 Å². The van der Waals surface area contributed by atoms with Crippen LogP contribution in [0.4, 0.5) is 0 Å². The van der Waals surface area contributed by atoms with Gasteiger partial charge in [-0.15, -0.1) is 0 Å². The van der Waals surface area contributed by atoms with Gasteiger partial charge < -0.3 is 10.2 Å². The molecule has 0 radical (unpaired) electrons. The number of amides is 1. The Morgan fingerprint density at radius 1 is 1.30 bits per heavy atom. The lowest BCUT2D eigenvalue weighted by atomic mass is 10.2. The summed E-state index contributed by atoms with van der Waals surface area (Å²) in [7, 11) is 3.81. The van der Waals surface area contributed by atoms with Gasteiger partial charge in [-0.05, 0) is 45.3 Å². The Morgan fingerprint density at radius 2 is 1.96 bits per heavy atom. The summed E-state index contributed by atoms with van der Waals surface area (Å²) in [6.07, 6.45) is 0. The minimum absolute atomic E-state index is 0.121. The number of aromatic nitrogens is 2. The second-order valence-corrected chi connectivity index (χ2v) is 5.88. The highest BCUT2D eigenvalue weighted by Crippen LogP contribution is 2.13. The second-order valence-electron chi connectivity index (χ2n) is 5.45. The minimum atomic E-state index is -0.473. The van der Waals surface area contributed by atoms with E-state index in [4.69, 9.17) is 11.6 Å². The number of hydrogen-bond donors (Lipinski definition) is 1. The van der Waals surface area contributed by atoms with E-state index in [1.165, 1.54) is 6.07 Å². The monoisotopic (exact) mass is 334 g/mol. The molecule has 0 aliphatic rings. The van der Waals surface area contributed by atoms with Crippen molar-refractivity contribution in [3.05, 3.63) is 57.0 Å². The quantitative estimate of drug-likeness (QED) is 0.899. The summed E-state index contributed by atoms with van der Waals surface area (Å²) in [6.45, 7) is 2.89. The molecule has 2 aromatic rings. The van der Waals surface area contributed by atoms with Crippen molar-refractivity contribution < 1.29 is 4.79 Å². The number of nitrogens with one attached hydrogen (secondary N) is 1. The Bertz CT molecular complexity index is 754. The van der Waals surface area contributed by atoms with Gasteiger partial charge in [0.25, 0.3) is 5.91 Å². The number of carbonyl (C=O) groups is 1. The van der Waals surface area contributed by atoms with Crippen LogP contribution in [0, 0.1) is 6.92 Å². The van der Waals surface area contributed by atoms with E-state index in [0.29, 0.717) is 23.8 Å². The van der Waals surface area contributed by atoms with Crippen LogP contribution in [-0.2, 0) is 0 Å². The number of rotatable bonds is 5. The van der Waals surface area contributed by atoms with Crippen molar-refractivity contribution in [2.45, 2.75) is 6.92 Å². The number of halogens is 1. The Balaban J connectivity index is 2.31. The maximum absolute atomic E-state index is 12.2. The number of hydrogen-bond acceptors (Lipinski definition) is 4. The minimum Gasteiger partial charge on any atom is -0.349 e. The Hall–Kier alpha value is -2.18. The molecule has 1 aromatic heterocycles. The molecule has 6 nitrogen and oxygen atoms in total. The number of benzene rings is 1. The summed E-state index contributed by atoms with van der Waals surface area (Å²) in [5.41, 5.74) is 0.857. The van der Waals surface area contributed by atoms with Gasteiger partial charge >= 0.3 is 0 Å². The number of aryl methyl sites for hydroxylation is 1. The van der Waals surface area contributed by atoms with Crippen LogP contribution in [0.3, 0.4) is 0 Å². The SMILES string of the molecule is Cc1cc(=O)c(C(=O)NCCN(C)C)nn1-c1ccc(Cl)cc1. The maximum Gasteiger partial charge on any atom is 0.275 e. The molecule has 23 heavy (non-hydrogen) atoms. The summed E-state index contributed by atoms with van der Waals surface area (Å²) in [4.78, 5) is 26.2. The van der Waals surface area contributed by atoms with Gasteiger partial charge in [0, 0.05) is 29.9 Å². The third-order valence-electron chi connectivity index (χ3n) is 3.24. The zero-order valence-electron chi connectivity index (χ0n) is 13.3. The molecule has 0 spiro atoms. The molecule has 1 aromatic carbocycles. The van der Waals surface area contributed by atoms with Gasteiger partial charge in [-0.1, -0.05) is 11.6 Å². The molecule has 122 valence electrons. The third-order valence-corrected chi connectivity index (χ3v) is 3.49. The standard InChI is InChI=1S/C16H19ClN4O2/c1-11-10-14(22)15(16(23)18-8-9-20(2)3)19-21(11)13-6-4-12(17)5-7-13/h4-7,10H,8-9H2,1-3H3,(H,18,23). The highest BCUT2D eigenvalue weighted by molar-refractivity contribution is 6.30. The summed E-state index contributed by atoms with van der Waals surface area (Å²) in [5.74, 6) is -0.473. The van der Waals surface area contributed by atoms with Crippen molar-refractivity contribution in [3.8, 4) is 5.69 Å². The summed E-state index contributed by atoms with van der Waals surface area (Å²) >= 11 is 5.88. The fourth-order valence-electron chi connectivity index (χ4n) is 2.03. The molecule has 7 heteroatoms. The highest BCUT2D eigenvalue weighted by Gasteiger charge is 2.15. The normalized spacial score (nSPS) is 10.8. The molecular weight excluding hydrogens is 316 g/mol. The molecule has 0 atom stereocenters. The van der Waals surface area contributed by atoms with E-state index in [2.05, 4.69) is 10.4 Å². The number of likely N-dealkylation sites (N-methyl/N-ethyl adjacent to an activating group) is 1. The Morgan fingerprint density at radius 3 is 2.57 bits per heavy atom. The average molecular weight is 335 g/mol. The predicted molar refractivity (Wildman–Crippen MR) is 90.5 cm³/mol. The fourth-order valence-corrected chi connectivity index (χ4v) is 2.15. The molecule has 0 saturated heterocycles. The first kappa shape index (κ1) is 17.2. The number of carbonyl (C=O) groups excluding carboxylic acids is 1. The molecule has 0 saturated carbocycles. The Kier molecular flexibility index (Phi) is 5.52. The lowest BCUT2D eigenvalue weighted by molar-refractivity contribution is 0.0943. The van der Waals surface area contributed by atoms with Gasteiger partial charge in [0.15, 0.2) is 5.69 Å². The van der Waals surface area contributed by atoms with Gasteiger partial charge in [-0.3, -0.25) is 9.59 Å². The largest absolute Gasteiger partial charge is 0.349 e. The van der Waals surface area contributed by atoms with Gasteiger partial charge in [-0.25, -0.2) is 4.68 Å². The summed E-state index contributed by atoms with van der Waals surface area (Å²) < 4.78 is 1.55. The lowest BCUT2D eigenvalue weighted by Gasteiger charge is -2.12. The van der Waals surface area contributed by atoms with E-state index < -0.39 is 11.3 Å². The van der Waals surface area contributed by atoms with Crippen LogP contribution >= 0.6 is 11.6 Å². The van der Waals surface area contributed by atoms with E-state index in [1.807, 2.05) is 19.0 Å². The fraction of sp³-hybridized carbons (Fsp3) is 0.312. The molecule has 1 amide bonds. The Labute approximate surface area is 139 Å². The molecule has 0 fully saturated rings. The molecule has 0 bridgehead atoms. The first-order chi connectivity index (χ1) is 10.9. The summed E-state index contributed by atoms with van der Waals surface area (Å²) in [6, 6.07) is 8.42. The van der Waals surface area contributed by atoms with E-state index >= 15 is 0 Å². The van der Waals surface area contributed by atoms with E-state index in [-0.39, 0.29) is 5.69 Å². The molecule has 1 heterocycles. The van der Waals surface area contributed by atoms with E-state index in [0.717, 1.165) is 5.69 Å². The second kappa shape index (κ2) is 7.39. The van der Waals surface area contributed by atoms with Crippen molar-refractivity contribution in [1.82, 2.24) is 20.0 Å². The molecular formula is C16H19ClN4O2. The van der Waals surface area contributed by atoms with Crippen LogP contribution in [0.2, 0.25) is 5.02 Å². The van der Waals surface area contributed by atoms with E-state index in [1.54, 1.807) is 35.9 Å². The van der Waals surface area contributed by atoms with Gasteiger partial charge in [-0.2, -0.15) is 5.10 Å². The highest BCUT2D eigenvalue weighted by atomic mass is 35.5. The lowest BCUT2D eigenvalue weighted by Crippen LogP contribution is -2.35. The molecule has 1 N–H and O–H groups in total. The van der Waals surface area contributed by atoms with Crippen molar-refractivity contribution in [1.29, 1.82) is 0 Å². The number of nitrogens with zero attached hydrogens (tertiary/aromatic N) is 3. The van der Waals surface area contributed by atoms with Crippen molar-refractivity contribution in [2.75, 3.05) is 27.2 Å². The molecule has 0 aliphatic carbocycles. The third kappa shape index (κ3) is 4.40. The smallest absolute Gasteiger partial charge is 0.275 e. The predicted octanol–water partition coefficient (Wildman–Crippen LogP) is 1.49. The first-order valence-corrected chi connectivity index (χ1v) is 7.56. The van der Waals surface area contributed by atoms with Crippen molar-refractivity contribution >= 4 is 17.5 Å². The van der Waals surface area contributed by atoms with Crippen molar-refractivity contribution in [2.24, 2.45) is 0 Å². The van der Waals surface area contributed by atoms with E-state index in [9.17, 15) is 9.59 Å². The zero-order chi connectivity index (χ0) is 17.0. The molecule has 2 rings (SSSR count). The van der Waals surface area contributed by atoms with Crippen LogP contribution < -0.4 is 10.7 Å². The van der Waals surface area contributed by atoms with Crippen LogP contribution in [0.25, 0.3) is 5.69 Å². The zero-order valence-corrected chi connectivity index (χ0v) is 14.1. The van der Waals surface area contributed by atoms with Crippen LogP contribution in [0.15, 0.2) is 35.1 Å². The first-order valence-electron chi connectivity index (χ1n) is 7.18. The van der Waals surface area contributed by atoms with Gasteiger partial charge in [0.2, 0.25) is 5.43 Å². The van der Waals surface area contributed by atoms with Gasteiger partial charge in [0.1, 0.15) is 0 Å². The topological polar surface area (TPSA) is 67.2 Å². The average Bonchev–Trinajstić information content (AvgIpc) is 2.48. The summed E-state index contributed by atoms with van der Waals surface area (Å²) in [5, 5.41) is 7.51. The maximum atomic E-state index is 12.2. The van der Waals surface area contributed by atoms with Crippen LogP contribution in [0.5, 0.6) is 0 Å². The molecule has 0 aliphatic heterocycles. The van der Waals surface area contributed by atoms with Gasteiger partial charge in [0.05, 0.1) is 5.69 Å². The van der Waals surface area contributed by atoms with Crippen LogP contribution in [0.1, 0.15) is 16.2 Å². The molecule has 0 unspecified atom stereocenters. The van der Waals surface area contributed by atoms with Crippen molar-refractivity contribution in [3.63, 3.8) is 0 Å².